The van der Waals surface area contributed by atoms with Crippen LogP contribution < -0.4 is 9.47 Å². The quantitative estimate of drug-likeness (QED) is 0.819. The Morgan fingerprint density at radius 1 is 0.875 bits per heavy atom. The Morgan fingerprint density at radius 3 is 1.69 bits per heavy atom. The molecule has 0 aliphatic rings. The summed E-state index contributed by atoms with van der Waals surface area (Å²) in [5.41, 5.74) is 0. The van der Waals surface area contributed by atoms with Crippen LogP contribution in [0.3, 0.4) is 0 Å². The van der Waals surface area contributed by atoms with Gasteiger partial charge in [0.1, 0.15) is 11.5 Å². The number of hydrogen-bond donors (Lipinski definition) is 0. The highest BCUT2D eigenvalue weighted by Crippen LogP contribution is 2.30. The molecule has 0 N–H and O–H groups in total. The van der Waals surface area contributed by atoms with Gasteiger partial charge in [-0.1, -0.05) is 0 Å². The molecule has 2 heterocycles. The van der Waals surface area contributed by atoms with Crippen molar-refractivity contribution in [2.24, 2.45) is 0 Å². The summed E-state index contributed by atoms with van der Waals surface area (Å²) in [5, 5.41) is 4.04. The Kier molecular flexibility index (Phi) is 3.64. The highest BCUT2D eigenvalue weighted by atomic mass is 32.1. The van der Waals surface area contributed by atoms with Crippen LogP contribution in [0.5, 0.6) is 11.5 Å². The molecule has 0 saturated heterocycles. The standard InChI is InChI=1S/C12H12O2S2/c1-13-9-5-7-15-11(9)3-4-12-10(14-2)6-8-16-12/h3-8H,1-2H3/b4-3+. The molecule has 84 valence electrons. The molecule has 0 atom stereocenters. The van der Waals surface area contributed by atoms with E-state index in [1.807, 2.05) is 22.9 Å². The van der Waals surface area contributed by atoms with E-state index in [4.69, 9.17) is 9.47 Å². The molecule has 16 heavy (non-hydrogen) atoms. The van der Waals surface area contributed by atoms with Crippen molar-refractivity contribution in [3.8, 4) is 11.5 Å². The van der Waals surface area contributed by atoms with Crippen LogP contribution in [-0.2, 0) is 0 Å². The van der Waals surface area contributed by atoms with E-state index in [0.717, 1.165) is 21.3 Å². The molecule has 0 aliphatic carbocycles. The molecule has 2 aromatic rings. The number of thiophene rings is 2. The summed E-state index contributed by atoms with van der Waals surface area (Å²) in [6.07, 6.45) is 4.11. The van der Waals surface area contributed by atoms with Gasteiger partial charge in [0, 0.05) is 0 Å². The smallest absolute Gasteiger partial charge is 0.136 e. The van der Waals surface area contributed by atoms with E-state index in [1.54, 1.807) is 36.9 Å². The molecule has 2 aromatic heterocycles. The Hall–Kier alpha value is -1.26. The maximum atomic E-state index is 5.24. The lowest BCUT2D eigenvalue weighted by Gasteiger charge is -1.98. The van der Waals surface area contributed by atoms with Crippen LogP contribution in [0.4, 0.5) is 0 Å². The first-order valence-electron chi connectivity index (χ1n) is 4.76. The Labute approximate surface area is 103 Å². The number of hydrogen-bond acceptors (Lipinski definition) is 4. The van der Waals surface area contributed by atoms with Crippen LogP contribution in [0.1, 0.15) is 9.75 Å². The fourth-order valence-electron chi connectivity index (χ4n) is 1.35. The van der Waals surface area contributed by atoms with Crippen LogP contribution >= 0.6 is 22.7 Å². The van der Waals surface area contributed by atoms with Crippen LogP contribution in [-0.4, -0.2) is 14.2 Å². The predicted molar refractivity (Wildman–Crippen MR) is 70.7 cm³/mol. The van der Waals surface area contributed by atoms with E-state index < -0.39 is 0 Å². The van der Waals surface area contributed by atoms with Crippen molar-refractivity contribution < 1.29 is 9.47 Å². The van der Waals surface area contributed by atoms with Gasteiger partial charge in [0.05, 0.1) is 24.0 Å². The fourth-order valence-corrected chi connectivity index (χ4v) is 2.85. The van der Waals surface area contributed by atoms with Gasteiger partial charge in [0.25, 0.3) is 0 Å². The zero-order chi connectivity index (χ0) is 11.4. The topological polar surface area (TPSA) is 18.5 Å². The summed E-state index contributed by atoms with van der Waals surface area (Å²) in [7, 11) is 3.37. The molecule has 2 nitrogen and oxygen atoms in total. The van der Waals surface area contributed by atoms with Crippen LogP contribution in [0.2, 0.25) is 0 Å². The number of methoxy groups -OCH3 is 2. The summed E-state index contributed by atoms with van der Waals surface area (Å²) in [4.78, 5) is 2.25. The first-order chi connectivity index (χ1) is 7.85. The van der Waals surface area contributed by atoms with E-state index in [-0.39, 0.29) is 0 Å². The molecule has 0 spiro atoms. The van der Waals surface area contributed by atoms with Gasteiger partial charge in [-0.25, -0.2) is 0 Å². The molecule has 0 radical (unpaired) electrons. The molecule has 0 amide bonds. The summed E-state index contributed by atoms with van der Waals surface area (Å²) >= 11 is 3.32. The molecule has 4 heteroatoms. The molecular weight excluding hydrogens is 240 g/mol. The SMILES string of the molecule is COc1ccsc1/C=C/c1sccc1OC. The second kappa shape index (κ2) is 5.18. The molecule has 0 aromatic carbocycles. The van der Waals surface area contributed by atoms with Crippen LogP contribution in [0, 0.1) is 0 Å². The molecular formula is C12H12O2S2. The fraction of sp³-hybridized carbons (Fsp3) is 0.167. The van der Waals surface area contributed by atoms with Gasteiger partial charge in [-0.15, -0.1) is 22.7 Å². The van der Waals surface area contributed by atoms with Crippen molar-refractivity contribution >= 4 is 34.8 Å². The van der Waals surface area contributed by atoms with E-state index in [2.05, 4.69) is 12.2 Å². The maximum Gasteiger partial charge on any atom is 0.136 e. The first-order valence-corrected chi connectivity index (χ1v) is 6.52. The molecule has 0 saturated carbocycles. The minimum atomic E-state index is 0.914. The summed E-state index contributed by atoms with van der Waals surface area (Å²) in [5.74, 6) is 1.83. The van der Waals surface area contributed by atoms with E-state index >= 15 is 0 Å². The lowest BCUT2D eigenvalue weighted by atomic mass is 10.3. The number of ether oxygens (including phenoxy) is 2. The second-order valence-electron chi connectivity index (χ2n) is 3.04. The van der Waals surface area contributed by atoms with Gasteiger partial charge in [-0.05, 0) is 35.0 Å². The Morgan fingerprint density at radius 2 is 1.31 bits per heavy atom. The molecule has 0 bridgehead atoms. The molecule has 0 unspecified atom stereocenters. The van der Waals surface area contributed by atoms with Crippen molar-refractivity contribution in [2.45, 2.75) is 0 Å². The average molecular weight is 252 g/mol. The molecule has 2 rings (SSSR count). The Bertz CT molecular complexity index is 438. The van der Waals surface area contributed by atoms with Crippen LogP contribution in [0.25, 0.3) is 12.2 Å². The summed E-state index contributed by atoms with van der Waals surface area (Å²) < 4.78 is 10.5. The van der Waals surface area contributed by atoms with Gasteiger partial charge in [-0.2, -0.15) is 0 Å². The number of rotatable bonds is 4. The van der Waals surface area contributed by atoms with E-state index in [9.17, 15) is 0 Å². The second-order valence-corrected chi connectivity index (χ2v) is 4.94. The van der Waals surface area contributed by atoms with E-state index in [1.165, 1.54) is 0 Å². The van der Waals surface area contributed by atoms with Gasteiger partial charge in [0.15, 0.2) is 0 Å². The van der Waals surface area contributed by atoms with Crippen molar-refractivity contribution in [3.63, 3.8) is 0 Å². The highest BCUT2D eigenvalue weighted by Gasteiger charge is 2.02. The minimum absolute atomic E-state index is 0.914. The van der Waals surface area contributed by atoms with E-state index in [0.29, 0.717) is 0 Å². The van der Waals surface area contributed by atoms with Gasteiger partial charge >= 0.3 is 0 Å². The normalized spacial score (nSPS) is 10.9. The third-order valence-corrected chi connectivity index (χ3v) is 3.87. The van der Waals surface area contributed by atoms with Gasteiger partial charge < -0.3 is 9.47 Å². The summed E-state index contributed by atoms with van der Waals surface area (Å²) in [6, 6.07) is 3.94. The van der Waals surface area contributed by atoms with Crippen LogP contribution in [0.15, 0.2) is 22.9 Å². The zero-order valence-corrected chi connectivity index (χ0v) is 10.7. The zero-order valence-electron chi connectivity index (χ0n) is 9.10. The van der Waals surface area contributed by atoms with Crippen molar-refractivity contribution in [1.82, 2.24) is 0 Å². The largest absolute Gasteiger partial charge is 0.495 e. The first kappa shape index (κ1) is 11.2. The van der Waals surface area contributed by atoms with Gasteiger partial charge in [0.2, 0.25) is 0 Å². The Balaban J connectivity index is 2.21. The van der Waals surface area contributed by atoms with Gasteiger partial charge in [-0.3, -0.25) is 0 Å². The van der Waals surface area contributed by atoms with Crippen molar-refractivity contribution in [1.29, 1.82) is 0 Å². The maximum absolute atomic E-state index is 5.24. The third-order valence-electron chi connectivity index (χ3n) is 2.14. The summed E-state index contributed by atoms with van der Waals surface area (Å²) in [6.45, 7) is 0. The lowest BCUT2D eigenvalue weighted by molar-refractivity contribution is 0.415. The van der Waals surface area contributed by atoms with Crippen molar-refractivity contribution in [2.75, 3.05) is 14.2 Å². The monoisotopic (exact) mass is 252 g/mol. The minimum Gasteiger partial charge on any atom is -0.495 e. The predicted octanol–water partition coefficient (Wildman–Crippen LogP) is 4.00. The lowest BCUT2D eigenvalue weighted by Crippen LogP contribution is -1.81. The van der Waals surface area contributed by atoms with Crippen molar-refractivity contribution in [3.05, 3.63) is 32.6 Å². The molecule has 0 fully saturated rings. The average Bonchev–Trinajstić information content (AvgIpc) is 2.94. The molecule has 0 aliphatic heterocycles. The third kappa shape index (κ3) is 2.28. The highest BCUT2D eigenvalue weighted by molar-refractivity contribution is 7.12.